The molecule has 0 aliphatic carbocycles. The van der Waals surface area contributed by atoms with E-state index in [1.165, 1.54) is 6.21 Å². The minimum absolute atomic E-state index is 0.110. The third-order valence-corrected chi connectivity index (χ3v) is 4.03. The Bertz CT molecular complexity index is 704. The van der Waals surface area contributed by atoms with Gasteiger partial charge in [-0.25, -0.2) is 5.43 Å². The molecule has 114 valence electrons. The molecule has 4 nitrogen and oxygen atoms in total. The average molecular weight is 382 g/mol. The van der Waals surface area contributed by atoms with Crippen molar-refractivity contribution in [2.75, 3.05) is 6.61 Å². The van der Waals surface area contributed by atoms with E-state index in [1.54, 1.807) is 18.2 Å². The molecule has 0 bridgehead atoms. The summed E-state index contributed by atoms with van der Waals surface area (Å²) in [5.41, 5.74) is 4.16. The second-order valence-electron chi connectivity index (χ2n) is 4.51. The van der Waals surface area contributed by atoms with Crippen molar-refractivity contribution in [3.8, 4) is 5.75 Å². The van der Waals surface area contributed by atoms with E-state index < -0.39 is 0 Å². The number of halogens is 2. The molecule has 6 heteroatoms. The number of hydrogen-bond acceptors (Lipinski definition) is 3. The molecule has 2 rings (SSSR count). The number of amides is 1. The molecule has 0 aromatic heterocycles. The van der Waals surface area contributed by atoms with Crippen molar-refractivity contribution < 1.29 is 9.53 Å². The fourth-order valence-corrected chi connectivity index (χ4v) is 2.07. The molecule has 0 unspecified atom stereocenters. The molecular weight excluding hydrogens is 368 g/mol. The zero-order chi connectivity index (χ0) is 15.9. The van der Waals surface area contributed by atoms with Crippen LogP contribution in [0.1, 0.15) is 11.1 Å². The van der Waals surface area contributed by atoms with Crippen molar-refractivity contribution in [1.29, 1.82) is 0 Å². The van der Waals surface area contributed by atoms with Gasteiger partial charge in [-0.05, 0) is 36.8 Å². The number of hydrogen-bond donors (Lipinski definition) is 1. The van der Waals surface area contributed by atoms with E-state index >= 15 is 0 Å². The van der Waals surface area contributed by atoms with Crippen molar-refractivity contribution in [2.45, 2.75) is 6.92 Å². The summed E-state index contributed by atoms with van der Waals surface area (Å²) >= 11 is 9.38. The summed E-state index contributed by atoms with van der Waals surface area (Å²) in [7, 11) is 0. The molecule has 2 aromatic carbocycles. The SMILES string of the molecule is Cc1cc(OCC(=O)N/N=C/c2ccccc2Cl)ccc1Br. The number of carbonyl (C=O) groups is 1. The lowest BCUT2D eigenvalue weighted by molar-refractivity contribution is -0.123. The fourth-order valence-electron chi connectivity index (χ4n) is 1.64. The molecule has 0 aliphatic rings. The quantitative estimate of drug-likeness (QED) is 0.630. The van der Waals surface area contributed by atoms with Crippen LogP contribution >= 0.6 is 27.5 Å². The predicted molar refractivity (Wildman–Crippen MR) is 91.6 cm³/mol. The predicted octanol–water partition coefficient (Wildman–Crippen LogP) is 3.94. The van der Waals surface area contributed by atoms with Gasteiger partial charge in [0.1, 0.15) is 5.75 Å². The number of nitrogens with one attached hydrogen (secondary N) is 1. The van der Waals surface area contributed by atoms with Crippen LogP contribution in [-0.4, -0.2) is 18.7 Å². The molecule has 0 aliphatic heterocycles. The zero-order valence-corrected chi connectivity index (χ0v) is 14.2. The lowest BCUT2D eigenvalue weighted by Crippen LogP contribution is -2.24. The molecule has 0 saturated carbocycles. The first kappa shape index (κ1) is 16.5. The Balaban J connectivity index is 1.83. The Morgan fingerprint density at radius 1 is 1.36 bits per heavy atom. The number of hydrazone groups is 1. The largest absolute Gasteiger partial charge is 0.484 e. The normalized spacial score (nSPS) is 10.7. The van der Waals surface area contributed by atoms with E-state index in [2.05, 4.69) is 26.5 Å². The van der Waals surface area contributed by atoms with E-state index in [4.69, 9.17) is 16.3 Å². The van der Waals surface area contributed by atoms with Crippen LogP contribution in [0.5, 0.6) is 5.75 Å². The first-order valence-electron chi connectivity index (χ1n) is 6.51. The second kappa shape index (κ2) is 7.96. The number of aryl methyl sites for hydroxylation is 1. The van der Waals surface area contributed by atoms with Crippen molar-refractivity contribution >= 4 is 39.7 Å². The van der Waals surface area contributed by atoms with Gasteiger partial charge in [0, 0.05) is 15.1 Å². The van der Waals surface area contributed by atoms with E-state index in [1.807, 2.05) is 31.2 Å². The van der Waals surface area contributed by atoms with Crippen LogP contribution in [0.3, 0.4) is 0 Å². The highest BCUT2D eigenvalue weighted by molar-refractivity contribution is 9.10. The second-order valence-corrected chi connectivity index (χ2v) is 5.78. The fraction of sp³-hybridized carbons (Fsp3) is 0.125. The van der Waals surface area contributed by atoms with E-state index in [0.29, 0.717) is 10.8 Å². The summed E-state index contributed by atoms with van der Waals surface area (Å²) in [5.74, 6) is 0.287. The lowest BCUT2D eigenvalue weighted by atomic mass is 10.2. The highest BCUT2D eigenvalue weighted by Gasteiger charge is 2.03. The van der Waals surface area contributed by atoms with Crippen molar-refractivity contribution in [2.24, 2.45) is 5.10 Å². The van der Waals surface area contributed by atoms with Gasteiger partial charge in [-0.3, -0.25) is 4.79 Å². The maximum atomic E-state index is 11.7. The van der Waals surface area contributed by atoms with Gasteiger partial charge in [0.25, 0.3) is 5.91 Å². The molecule has 0 saturated heterocycles. The van der Waals surface area contributed by atoms with Crippen molar-refractivity contribution in [1.82, 2.24) is 5.43 Å². The highest BCUT2D eigenvalue weighted by atomic mass is 79.9. The van der Waals surface area contributed by atoms with E-state index in [9.17, 15) is 4.79 Å². The number of nitrogens with zero attached hydrogens (tertiary/aromatic N) is 1. The van der Waals surface area contributed by atoms with Crippen LogP contribution in [0.4, 0.5) is 0 Å². The summed E-state index contributed by atoms with van der Waals surface area (Å²) in [6.07, 6.45) is 1.49. The summed E-state index contributed by atoms with van der Waals surface area (Å²) in [5, 5.41) is 4.42. The Morgan fingerprint density at radius 2 is 2.14 bits per heavy atom. The van der Waals surface area contributed by atoms with Crippen LogP contribution < -0.4 is 10.2 Å². The van der Waals surface area contributed by atoms with E-state index in [0.717, 1.165) is 15.6 Å². The maximum Gasteiger partial charge on any atom is 0.277 e. The van der Waals surface area contributed by atoms with Crippen molar-refractivity contribution in [3.63, 3.8) is 0 Å². The Labute approximate surface area is 142 Å². The van der Waals surface area contributed by atoms with Gasteiger partial charge < -0.3 is 4.74 Å². The third kappa shape index (κ3) is 4.86. The molecule has 1 amide bonds. The average Bonchev–Trinajstić information content (AvgIpc) is 2.50. The minimum atomic E-state index is -0.344. The molecule has 22 heavy (non-hydrogen) atoms. The number of ether oxygens (including phenoxy) is 1. The molecular formula is C16H14BrClN2O2. The Kier molecular flexibility index (Phi) is 5.98. The summed E-state index contributed by atoms with van der Waals surface area (Å²) in [4.78, 5) is 11.7. The van der Waals surface area contributed by atoms with Gasteiger partial charge in [0.15, 0.2) is 6.61 Å². The third-order valence-electron chi connectivity index (χ3n) is 2.80. The topological polar surface area (TPSA) is 50.7 Å². The molecule has 1 N–H and O–H groups in total. The minimum Gasteiger partial charge on any atom is -0.484 e. The first-order chi connectivity index (χ1) is 10.6. The molecule has 0 spiro atoms. The summed E-state index contributed by atoms with van der Waals surface area (Å²) < 4.78 is 6.39. The summed E-state index contributed by atoms with van der Waals surface area (Å²) in [6, 6.07) is 12.7. The number of rotatable bonds is 5. The molecule has 0 heterocycles. The Morgan fingerprint density at radius 3 is 2.86 bits per heavy atom. The van der Waals surface area contributed by atoms with Gasteiger partial charge in [-0.15, -0.1) is 0 Å². The smallest absolute Gasteiger partial charge is 0.277 e. The summed E-state index contributed by atoms with van der Waals surface area (Å²) in [6.45, 7) is 1.84. The van der Waals surface area contributed by atoms with Gasteiger partial charge in [-0.1, -0.05) is 45.7 Å². The molecule has 0 fully saturated rings. The van der Waals surface area contributed by atoms with Crippen LogP contribution in [0.25, 0.3) is 0 Å². The zero-order valence-electron chi connectivity index (χ0n) is 11.8. The van der Waals surface area contributed by atoms with Crippen LogP contribution in [0.15, 0.2) is 52.0 Å². The van der Waals surface area contributed by atoms with Gasteiger partial charge in [-0.2, -0.15) is 5.10 Å². The van der Waals surface area contributed by atoms with Gasteiger partial charge >= 0.3 is 0 Å². The van der Waals surface area contributed by atoms with Crippen LogP contribution in [0.2, 0.25) is 5.02 Å². The van der Waals surface area contributed by atoms with Gasteiger partial charge in [0.05, 0.1) is 6.21 Å². The van der Waals surface area contributed by atoms with Crippen LogP contribution in [0, 0.1) is 6.92 Å². The number of benzene rings is 2. The maximum absolute atomic E-state index is 11.7. The molecule has 0 radical (unpaired) electrons. The highest BCUT2D eigenvalue weighted by Crippen LogP contribution is 2.21. The standard InChI is InChI=1S/C16H14BrClN2O2/c1-11-8-13(6-7-14(11)17)22-10-16(21)20-19-9-12-4-2-3-5-15(12)18/h2-9H,10H2,1H3,(H,20,21)/b19-9+. The Hall–Kier alpha value is -1.85. The van der Waals surface area contributed by atoms with Crippen LogP contribution in [-0.2, 0) is 4.79 Å². The molecule has 2 aromatic rings. The molecule has 0 atom stereocenters. The lowest BCUT2D eigenvalue weighted by Gasteiger charge is -2.06. The van der Waals surface area contributed by atoms with E-state index in [-0.39, 0.29) is 12.5 Å². The van der Waals surface area contributed by atoms with Gasteiger partial charge in [0.2, 0.25) is 0 Å². The van der Waals surface area contributed by atoms with Crippen molar-refractivity contribution in [3.05, 3.63) is 63.1 Å². The first-order valence-corrected chi connectivity index (χ1v) is 7.69. The monoisotopic (exact) mass is 380 g/mol. The number of carbonyl (C=O) groups excluding carboxylic acids is 1.